The van der Waals surface area contributed by atoms with Crippen LogP contribution in [0.25, 0.3) is 0 Å². The molecule has 1 atom stereocenters. The summed E-state index contributed by atoms with van der Waals surface area (Å²) in [6.07, 6.45) is 0.964. The Balaban J connectivity index is 1.95. The van der Waals surface area contributed by atoms with E-state index in [-0.39, 0.29) is 11.9 Å². The fraction of sp³-hybridized carbons (Fsp3) is 0.500. The van der Waals surface area contributed by atoms with Crippen LogP contribution in [0.2, 0.25) is 0 Å². The van der Waals surface area contributed by atoms with Gasteiger partial charge in [-0.15, -0.1) is 0 Å². The number of piperidine rings is 1. The molecular formula is C16H23N3O3. The van der Waals surface area contributed by atoms with Crippen LogP contribution in [0.1, 0.15) is 18.4 Å². The molecule has 0 bridgehead atoms. The highest BCUT2D eigenvalue weighted by Gasteiger charge is 2.25. The molecule has 120 valence electrons. The van der Waals surface area contributed by atoms with Crippen LogP contribution in [0, 0.1) is 0 Å². The summed E-state index contributed by atoms with van der Waals surface area (Å²) in [4.78, 5) is 25.5. The Morgan fingerprint density at radius 3 is 2.50 bits per heavy atom. The summed E-state index contributed by atoms with van der Waals surface area (Å²) in [5.41, 5.74) is 0.930. The molecule has 0 aliphatic carbocycles. The third-order valence-corrected chi connectivity index (χ3v) is 3.96. The van der Waals surface area contributed by atoms with E-state index < -0.39 is 12.1 Å². The van der Waals surface area contributed by atoms with Crippen molar-refractivity contribution in [3.8, 4) is 0 Å². The van der Waals surface area contributed by atoms with Gasteiger partial charge in [-0.05, 0) is 38.5 Å². The van der Waals surface area contributed by atoms with Gasteiger partial charge in [0.2, 0.25) is 5.91 Å². The molecule has 2 rings (SSSR count). The lowest BCUT2D eigenvalue weighted by molar-refractivity contribution is -0.124. The molecule has 22 heavy (non-hydrogen) atoms. The number of amides is 2. The number of likely N-dealkylation sites (tertiary alicyclic amines) is 1. The van der Waals surface area contributed by atoms with Crippen LogP contribution in [-0.4, -0.2) is 54.2 Å². The minimum absolute atomic E-state index is 0.123. The van der Waals surface area contributed by atoms with E-state index in [4.69, 9.17) is 5.11 Å². The second-order valence-electron chi connectivity index (χ2n) is 5.78. The normalized spacial score (nSPS) is 17.7. The summed E-state index contributed by atoms with van der Waals surface area (Å²) < 4.78 is 0. The first-order valence-corrected chi connectivity index (χ1v) is 7.57. The maximum absolute atomic E-state index is 12.4. The van der Waals surface area contributed by atoms with Gasteiger partial charge in [0.15, 0.2) is 0 Å². The molecule has 3 N–H and O–H groups in total. The monoisotopic (exact) mass is 305 g/mol. The molecule has 1 heterocycles. The number of hydrogen-bond donors (Lipinski definition) is 3. The summed E-state index contributed by atoms with van der Waals surface area (Å²) in [7, 11) is 2.06. The molecule has 6 nitrogen and oxygen atoms in total. The summed E-state index contributed by atoms with van der Waals surface area (Å²) in [5.74, 6) is -0.249. The van der Waals surface area contributed by atoms with Crippen molar-refractivity contribution in [2.75, 3.05) is 20.1 Å². The van der Waals surface area contributed by atoms with Crippen molar-refractivity contribution >= 4 is 12.0 Å². The van der Waals surface area contributed by atoms with Gasteiger partial charge in [-0.2, -0.15) is 0 Å². The first kappa shape index (κ1) is 16.3. The van der Waals surface area contributed by atoms with Crippen LogP contribution >= 0.6 is 0 Å². The van der Waals surface area contributed by atoms with Crippen molar-refractivity contribution in [2.24, 2.45) is 0 Å². The zero-order valence-corrected chi connectivity index (χ0v) is 12.8. The number of carboxylic acid groups (broad SMARTS) is 1. The highest BCUT2D eigenvalue weighted by Crippen LogP contribution is 2.09. The van der Waals surface area contributed by atoms with Crippen LogP contribution in [0.15, 0.2) is 30.3 Å². The van der Waals surface area contributed by atoms with Gasteiger partial charge >= 0.3 is 6.09 Å². The van der Waals surface area contributed by atoms with Crippen LogP contribution < -0.4 is 10.6 Å². The fourth-order valence-corrected chi connectivity index (χ4v) is 2.66. The summed E-state index contributed by atoms with van der Waals surface area (Å²) in [5, 5.41) is 14.2. The minimum atomic E-state index is -1.18. The number of nitrogens with zero attached hydrogens (tertiary/aromatic N) is 1. The Morgan fingerprint density at radius 2 is 1.91 bits per heavy atom. The second kappa shape index (κ2) is 7.79. The highest BCUT2D eigenvalue weighted by molar-refractivity contribution is 5.85. The summed E-state index contributed by atoms with van der Waals surface area (Å²) >= 11 is 0. The molecule has 1 fully saturated rings. The predicted octanol–water partition coefficient (Wildman–Crippen LogP) is 1.08. The quantitative estimate of drug-likeness (QED) is 0.760. The van der Waals surface area contributed by atoms with Crippen molar-refractivity contribution in [1.29, 1.82) is 0 Å². The van der Waals surface area contributed by atoms with E-state index in [2.05, 4.69) is 22.6 Å². The molecule has 0 aromatic heterocycles. The van der Waals surface area contributed by atoms with Crippen molar-refractivity contribution in [2.45, 2.75) is 31.3 Å². The van der Waals surface area contributed by atoms with Gasteiger partial charge in [-0.1, -0.05) is 30.3 Å². The van der Waals surface area contributed by atoms with Crippen LogP contribution in [0.4, 0.5) is 4.79 Å². The Labute approximate surface area is 130 Å². The van der Waals surface area contributed by atoms with Crippen molar-refractivity contribution in [3.05, 3.63) is 35.9 Å². The van der Waals surface area contributed by atoms with E-state index in [9.17, 15) is 9.59 Å². The number of rotatable bonds is 5. The highest BCUT2D eigenvalue weighted by atomic mass is 16.4. The summed E-state index contributed by atoms with van der Waals surface area (Å²) in [6, 6.07) is 8.78. The fourth-order valence-electron chi connectivity index (χ4n) is 2.66. The molecule has 6 heteroatoms. The van der Waals surface area contributed by atoms with E-state index in [1.165, 1.54) is 0 Å². The van der Waals surface area contributed by atoms with E-state index in [1.807, 2.05) is 30.3 Å². The zero-order chi connectivity index (χ0) is 15.9. The molecular weight excluding hydrogens is 282 g/mol. The SMILES string of the molecule is CN1CCC(NC(=O)C(Cc2ccccc2)NC(=O)O)CC1. The first-order chi connectivity index (χ1) is 10.5. The average Bonchev–Trinajstić information content (AvgIpc) is 2.49. The third kappa shape index (κ3) is 5.04. The van der Waals surface area contributed by atoms with Crippen LogP contribution in [-0.2, 0) is 11.2 Å². The van der Waals surface area contributed by atoms with Crippen molar-refractivity contribution < 1.29 is 14.7 Å². The minimum Gasteiger partial charge on any atom is -0.465 e. The molecule has 0 radical (unpaired) electrons. The molecule has 1 unspecified atom stereocenters. The Kier molecular flexibility index (Phi) is 5.77. The standard InChI is InChI=1S/C16H23N3O3/c1-19-9-7-13(8-10-19)17-15(20)14(18-16(21)22)11-12-5-3-2-4-6-12/h2-6,13-14,18H,7-11H2,1H3,(H,17,20)(H,21,22). The first-order valence-electron chi connectivity index (χ1n) is 7.57. The Bertz CT molecular complexity index is 499. The van der Waals surface area contributed by atoms with E-state index >= 15 is 0 Å². The van der Waals surface area contributed by atoms with Crippen LogP contribution in [0.5, 0.6) is 0 Å². The smallest absolute Gasteiger partial charge is 0.405 e. The zero-order valence-electron chi connectivity index (χ0n) is 12.8. The molecule has 1 aliphatic heterocycles. The Morgan fingerprint density at radius 1 is 1.27 bits per heavy atom. The molecule has 1 saturated heterocycles. The number of nitrogens with one attached hydrogen (secondary N) is 2. The number of hydrogen-bond acceptors (Lipinski definition) is 3. The average molecular weight is 305 g/mol. The van der Waals surface area contributed by atoms with Gasteiger partial charge < -0.3 is 20.6 Å². The molecule has 1 aromatic carbocycles. The molecule has 0 saturated carbocycles. The largest absolute Gasteiger partial charge is 0.465 e. The topological polar surface area (TPSA) is 81.7 Å². The van der Waals surface area contributed by atoms with E-state index in [0.717, 1.165) is 31.5 Å². The van der Waals surface area contributed by atoms with Crippen molar-refractivity contribution in [3.63, 3.8) is 0 Å². The molecule has 1 aliphatic rings. The van der Waals surface area contributed by atoms with E-state index in [1.54, 1.807) is 0 Å². The Hall–Kier alpha value is -2.08. The van der Waals surface area contributed by atoms with Gasteiger partial charge in [0.1, 0.15) is 6.04 Å². The third-order valence-electron chi connectivity index (χ3n) is 3.96. The van der Waals surface area contributed by atoms with Gasteiger partial charge in [-0.3, -0.25) is 4.79 Å². The lowest BCUT2D eigenvalue weighted by Gasteiger charge is -2.30. The van der Waals surface area contributed by atoms with Gasteiger partial charge in [0, 0.05) is 12.5 Å². The lowest BCUT2D eigenvalue weighted by atomic mass is 10.0. The maximum Gasteiger partial charge on any atom is 0.405 e. The number of carbonyl (C=O) groups is 2. The maximum atomic E-state index is 12.4. The van der Waals surface area contributed by atoms with Gasteiger partial charge in [-0.25, -0.2) is 4.79 Å². The lowest BCUT2D eigenvalue weighted by Crippen LogP contribution is -2.52. The molecule has 2 amide bonds. The van der Waals surface area contributed by atoms with E-state index in [0.29, 0.717) is 6.42 Å². The van der Waals surface area contributed by atoms with Crippen LogP contribution in [0.3, 0.4) is 0 Å². The second-order valence-corrected chi connectivity index (χ2v) is 5.78. The van der Waals surface area contributed by atoms with Gasteiger partial charge in [0.25, 0.3) is 0 Å². The van der Waals surface area contributed by atoms with Crippen molar-refractivity contribution in [1.82, 2.24) is 15.5 Å². The summed E-state index contributed by atoms with van der Waals surface area (Å²) in [6.45, 7) is 1.89. The number of carbonyl (C=O) groups excluding carboxylic acids is 1. The predicted molar refractivity (Wildman–Crippen MR) is 83.8 cm³/mol. The van der Waals surface area contributed by atoms with Gasteiger partial charge in [0.05, 0.1) is 0 Å². The molecule has 1 aromatic rings. The number of benzene rings is 1. The molecule has 0 spiro atoms.